The monoisotopic (exact) mass is 284 g/mol. The summed E-state index contributed by atoms with van der Waals surface area (Å²) in [5.41, 5.74) is -0.733. The van der Waals surface area contributed by atoms with Gasteiger partial charge in [0.15, 0.2) is 0 Å². The number of rotatable bonds is 3. The van der Waals surface area contributed by atoms with Gasteiger partial charge in [0.1, 0.15) is 11.6 Å². The van der Waals surface area contributed by atoms with E-state index in [4.69, 9.17) is 0 Å². The molecule has 3 atom stereocenters. The first-order chi connectivity index (χ1) is 8.81. The molecule has 0 aromatic carbocycles. The quantitative estimate of drug-likeness (QED) is 0.859. The third kappa shape index (κ3) is 2.62. The van der Waals surface area contributed by atoms with Crippen LogP contribution in [-0.4, -0.2) is 45.3 Å². The molecule has 0 aromatic heterocycles. The summed E-state index contributed by atoms with van der Waals surface area (Å²) in [6.07, 6.45) is 2.96. The van der Waals surface area contributed by atoms with Crippen LogP contribution in [-0.2, 0) is 9.59 Å². The number of thioether (sulfide) groups is 1. The highest BCUT2D eigenvalue weighted by Crippen LogP contribution is 2.39. The Balaban J connectivity index is 2.20. The largest absolute Gasteiger partial charge is 0.340 e. The average Bonchev–Trinajstić information content (AvgIpc) is 2.79. The fourth-order valence-electron chi connectivity index (χ4n) is 2.83. The summed E-state index contributed by atoms with van der Waals surface area (Å²) in [5.74, 6) is 1.19. The van der Waals surface area contributed by atoms with Gasteiger partial charge in [-0.3, -0.25) is 9.59 Å². The van der Waals surface area contributed by atoms with Crippen LogP contribution in [0.4, 0.5) is 0 Å². The Bertz CT molecular complexity index is 393. The zero-order valence-electron chi connectivity index (χ0n) is 12.3. The minimum Gasteiger partial charge on any atom is -0.340 e. The predicted molar refractivity (Wildman–Crippen MR) is 78.1 cm³/mol. The summed E-state index contributed by atoms with van der Waals surface area (Å²) in [6, 6.07) is -0.356. The van der Waals surface area contributed by atoms with Crippen molar-refractivity contribution >= 4 is 23.6 Å². The smallest absolute Gasteiger partial charge is 0.248 e. The van der Waals surface area contributed by atoms with Crippen LogP contribution in [0.5, 0.6) is 0 Å². The molecule has 2 aliphatic heterocycles. The topological polar surface area (TPSA) is 49.4 Å². The number of nitrogens with zero attached hydrogens (tertiary/aromatic N) is 1. The van der Waals surface area contributed by atoms with Gasteiger partial charge < -0.3 is 10.2 Å². The number of piperazine rings is 1. The first-order valence-electron chi connectivity index (χ1n) is 7.08. The minimum atomic E-state index is -0.733. The van der Waals surface area contributed by atoms with Gasteiger partial charge in [-0.05, 0) is 45.8 Å². The van der Waals surface area contributed by atoms with Crippen molar-refractivity contribution in [3.63, 3.8) is 0 Å². The molecule has 0 bridgehead atoms. The van der Waals surface area contributed by atoms with Gasteiger partial charge in [0.2, 0.25) is 11.8 Å². The molecule has 3 unspecified atom stereocenters. The third-order valence-corrected chi connectivity index (χ3v) is 6.01. The van der Waals surface area contributed by atoms with Crippen molar-refractivity contribution in [3.8, 4) is 0 Å². The van der Waals surface area contributed by atoms with Crippen LogP contribution in [0.25, 0.3) is 0 Å². The highest BCUT2D eigenvalue weighted by atomic mass is 32.2. The van der Waals surface area contributed by atoms with Gasteiger partial charge >= 0.3 is 0 Å². The van der Waals surface area contributed by atoms with E-state index in [1.807, 2.05) is 32.5 Å². The second kappa shape index (κ2) is 5.00. The molecule has 2 amide bonds. The van der Waals surface area contributed by atoms with E-state index in [1.54, 1.807) is 4.90 Å². The lowest BCUT2D eigenvalue weighted by atomic mass is 9.91. The van der Waals surface area contributed by atoms with Gasteiger partial charge in [0, 0.05) is 11.3 Å². The van der Waals surface area contributed by atoms with E-state index in [2.05, 4.69) is 12.2 Å². The van der Waals surface area contributed by atoms with Crippen molar-refractivity contribution in [2.24, 2.45) is 0 Å². The lowest BCUT2D eigenvalue weighted by Gasteiger charge is -2.45. The standard InChI is InChI=1S/C14H24N2O2S/c1-5-14(4)12(18)16(10(2)11(17)15-14)9-13(3)7-6-8-19-13/h10H,5-9H2,1-4H3,(H,15,17). The molecule has 19 heavy (non-hydrogen) atoms. The van der Waals surface area contributed by atoms with E-state index < -0.39 is 5.54 Å². The van der Waals surface area contributed by atoms with E-state index in [9.17, 15) is 9.59 Å². The molecule has 2 heterocycles. The Labute approximate surface area is 119 Å². The van der Waals surface area contributed by atoms with E-state index in [0.717, 1.165) is 12.2 Å². The summed E-state index contributed by atoms with van der Waals surface area (Å²) in [7, 11) is 0. The fourth-order valence-corrected chi connectivity index (χ4v) is 4.13. The molecule has 5 heteroatoms. The maximum absolute atomic E-state index is 12.7. The first-order valence-corrected chi connectivity index (χ1v) is 8.07. The number of hydrogen-bond donors (Lipinski definition) is 1. The Hall–Kier alpha value is -0.710. The SMILES string of the molecule is CCC1(C)NC(=O)C(C)N(CC2(C)CCCS2)C1=O. The molecule has 0 aromatic rings. The maximum Gasteiger partial charge on any atom is 0.248 e. The van der Waals surface area contributed by atoms with Crippen molar-refractivity contribution in [2.75, 3.05) is 12.3 Å². The minimum absolute atomic E-state index is 0.0319. The molecule has 2 aliphatic rings. The molecule has 0 saturated carbocycles. The van der Waals surface area contributed by atoms with Crippen molar-refractivity contribution in [1.29, 1.82) is 0 Å². The van der Waals surface area contributed by atoms with E-state index in [0.29, 0.717) is 13.0 Å². The molecule has 2 saturated heterocycles. The number of amides is 2. The van der Waals surface area contributed by atoms with Crippen LogP contribution in [0.1, 0.15) is 47.0 Å². The Kier molecular flexibility index (Phi) is 3.87. The summed E-state index contributed by atoms with van der Waals surface area (Å²) in [4.78, 5) is 26.5. The van der Waals surface area contributed by atoms with Crippen LogP contribution in [0.15, 0.2) is 0 Å². The van der Waals surface area contributed by atoms with Crippen molar-refractivity contribution < 1.29 is 9.59 Å². The van der Waals surface area contributed by atoms with Gasteiger partial charge in [-0.25, -0.2) is 0 Å². The fraction of sp³-hybridized carbons (Fsp3) is 0.857. The zero-order valence-corrected chi connectivity index (χ0v) is 13.1. The molecule has 2 fully saturated rings. The van der Waals surface area contributed by atoms with Gasteiger partial charge in [0.25, 0.3) is 0 Å². The second-order valence-electron chi connectivity index (χ2n) is 6.19. The lowest BCUT2D eigenvalue weighted by Crippen LogP contribution is -2.69. The second-order valence-corrected chi connectivity index (χ2v) is 7.87. The number of carbonyl (C=O) groups excluding carboxylic acids is 2. The Morgan fingerprint density at radius 3 is 2.63 bits per heavy atom. The predicted octanol–water partition coefficient (Wildman–Crippen LogP) is 1.79. The number of carbonyl (C=O) groups is 2. The molecule has 1 N–H and O–H groups in total. The molecular weight excluding hydrogens is 260 g/mol. The number of hydrogen-bond acceptors (Lipinski definition) is 3. The molecule has 4 nitrogen and oxygen atoms in total. The number of nitrogens with one attached hydrogen (secondary N) is 1. The van der Waals surface area contributed by atoms with Gasteiger partial charge in [-0.15, -0.1) is 0 Å². The van der Waals surface area contributed by atoms with Crippen LogP contribution in [0, 0.1) is 0 Å². The van der Waals surface area contributed by atoms with Crippen LogP contribution in [0.2, 0.25) is 0 Å². The third-order valence-electron chi connectivity index (χ3n) is 4.49. The molecule has 0 aliphatic carbocycles. The Morgan fingerprint density at radius 2 is 2.11 bits per heavy atom. The maximum atomic E-state index is 12.7. The van der Waals surface area contributed by atoms with Crippen molar-refractivity contribution in [2.45, 2.75) is 63.3 Å². The summed E-state index contributed by atoms with van der Waals surface area (Å²) < 4.78 is 0.107. The van der Waals surface area contributed by atoms with Crippen LogP contribution in [0.3, 0.4) is 0 Å². The highest BCUT2D eigenvalue weighted by molar-refractivity contribution is 8.00. The molecule has 2 rings (SSSR count). The van der Waals surface area contributed by atoms with Crippen molar-refractivity contribution in [3.05, 3.63) is 0 Å². The van der Waals surface area contributed by atoms with Crippen LogP contribution < -0.4 is 5.32 Å². The first kappa shape index (κ1) is 14.7. The average molecular weight is 284 g/mol. The molecule has 108 valence electrons. The normalized spacial score (nSPS) is 39.6. The zero-order chi connectivity index (χ0) is 14.3. The van der Waals surface area contributed by atoms with E-state index in [1.165, 1.54) is 6.42 Å². The van der Waals surface area contributed by atoms with E-state index in [-0.39, 0.29) is 22.6 Å². The lowest BCUT2D eigenvalue weighted by molar-refractivity contribution is -0.154. The molecular formula is C14H24N2O2S. The van der Waals surface area contributed by atoms with Crippen LogP contribution >= 0.6 is 11.8 Å². The van der Waals surface area contributed by atoms with Crippen molar-refractivity contribution in [1.82, 2.24) is 10.2 Å². The summed E-state index contributed by atoms with van der Waals surface area (Å²) in [5, 5.41) is 2.87. The van der Waals surface area contributed by atoms with Gasteiger partial charge in [-0.1, -0.05) is 6.92 Å². The molecule has 0 spiro atoms. The van der Waals surface area contributed by atoms with Gasteiger partial charge in [0.05, 0.1) is 0 Å². The summed E-state index contributed by atoms with van der Waals surface area (Å²) in [6.45, 7) is 8.49. The summed E-state index contributed by atoms with van der Waals surface area (Å²) >= 11 is 1.93. The van der Waals surface area contributed by atoms with Gasteiger partial charge in [-0.2, -0.15) is 11.8 Å². The van der Waals surface area contributed by atoms with E-state index >= 15 is 0 Å². The Morgan fingerprint density at radius 1 is 1.42 bits per heavy atom. The highest BCUT2D eigenvalue weighted by Gasteiger charge is 2.47. The molecule has 0 radical (unpaired) electrons.